The maximum absolute atomic E-state index is 11.6. The van der Waals surface area contributed by atoms with Gasteiger partial charge in [0.1, 0.15) is 5.78 Å². The van der Waals surface area contributed by atoms with Gasteiger partial charge in [0, 0.05) is 12.5 Å². The second-order valence-electron chi connectivity index (χ2n) is 4.60. The molecule has 0 unspecified atom stereocenters. The van der Waals surface area contributed by atoms with Gasteiger partial charge < -0.3 is 5.73 Å². The van der Waals surface area contributed by atoms with Gasteiger partial charge in [-0.15, -0.1) is 0 Å². The van der Waals surface area contributed by atoms with Crippen molar-refractivity contribution in [2.75, 3.05) is 13.1 Å². The molecule has 0 aromatic rings. The minimum Gasteiger partial charge on any atom is -0.369 e. The molecule has 1 aliphatic carbocycles. The van der Waals surface area contributed by atoms with E-state index in [2.05, 4.69) is 0 Å². The van der Waals surface area contributed by atoms with Gasteiger partial charge in [-0.1, -0.05) is 19.8 Å². The molecule has 1 aliphatic rings. The molecule has 92 valence electrons. The molecule has 0 saturated heterocycles. The van der Waals surface area contributed by atoms with E-state index in [1.807, 2.05) is 11.8 Å². The Morgan fingerprint density at radius 3 is 2.38 bits per heavy atom. The fourth-order valence-corrected chi connectivity index (χ4v) is 2.37. The van der Waals surface area contributed by atoms with Crippen molar-refractivity contribution in [3.8, 4) is 0 Å². The van der Waals surface area contributed by atoms with Crippen LogP contribution in [0.2, 0.25) is 0 Å². The highest BCUT2D eigenvalue weighted by molar-refractivity contribution is 5.82. The number of hydrogen-bond donors (Lipinski definition) is 1. The highest BCUT2D eigenvalue weighted by Crippen LogP contribution is 2.23. The minimum atomic E-state index is -0.337. The topological polar surface area (TPSA) is 63.4 Å². The van der Waals surface area contributed by atoms with Crippen LogP contribution >= 0.6 is 0 Å². The van der Waals surface area contributed by atoms with E-state index in [1.54, 1.807) is 0 Å². The van der Waals surface area contributed by atoms with E-state index < -0.39 is 0 Å². The van der Waals surface area contributed by atoms with E-state index in [9.17, 15) is 9.59 Å². The predicted molar refractivity (Wildman–Crippen MR) is 62.9 cm³/mol. The van der Waals surface area contributed by atoms with E-state index >= 15 is 0 Å². The van der Waals surface area contributed by atoms with E-state index in [0.29, 0.717) is 19.0 Å². The molecule has 0 aromatic heterocycles. The van der Waals surface area contributed by atoms with Crippen molar-refractivity contribution < 1.29 is 9.59 Å². The summed E-state index contributed by atoms with van der Waals surface area (Å²) in [7, 11) is 0. The van der Waals surface area contributed by atoms with E-state index in [4.69, 9.17) is 5.73 Å². The number of Topliss-reactive ketones (excluding diaryl/α,β-unsaturated/α-hetero) is 1. The summed E-state index contributed by atoms with van der Waals surface area (Å²) in [6, 6.07) is 0.383. The molecular weight excluding hydrogens is 204 g/mol. The van der Waals surface area contributed by atoms with Gasteiger partial charge in [0.05, 0.1) is 13.1 Å². The number of nitrogens with two attached hydrogens (primary N) is 1. The van der Waals surface area contributed by atoms with E-state index in [-0.39, 0.29) is 18.2 Å². The number of hydrogen-bond acceptors (Lipinski definition) is 3. The lowest BCUT2D eigenvalue weighted by molar-refractivity contribution is -0.123. The Morgan fingerprint density at radius 2 is 1.88 bits per heavy atom. The molecule has 2 N–H and O–H groups in total. The van der Waals surface area contributed by atoms with Gasteiger partial charge in [0.2, 0.25) is 5.91 Å². The monoisotopic (exact) mass is 226 g/mol. The number of carbonyl (C=O) groups is 2. The summed E-state index contributed by atoms with van der Waals surface area (Å²) in [4.78, 5) is 24.5. The van der Waals surface area contributed by atoms with Crippen LogP contribution in [0.4, 0.5) is 0 Å². The van der Waals surface area contributed by atoms with Crippen molar-refractivity contribution in [1.29, 1.82) is 0 Å². The Morgan fingerprint density at radius 1 is 1.25 bits per heavy atom. The number of primary amides is 1. The summed E-state index contributed by atoms with van der Waals surface area (Å²) in [6.07, 6.45) is 6.04. The molecule has 4 heteroatoms. The van der Waals surface area contributed by atoms with Crippen molar-refractivity contribution >= 4 is 11.7 Å². The molecule has 16 heavy (non-hydrogen) atoms. The molecule has 0 aliphatic heterocycles. The van der Waals surface area contributed by atoms with Gasteiger partial charge in [0.15, 0.2) is 0 Å². The van der Waals surface area contributed by atoms with Gasteiger partial charge in [-0.05, 0) is 19.3 Å². The molecule has 1 rings (SSSR count). The second kappa shape index (κ2) is 6.63. The molecule has 0 bridgehead atoms. The van der Waals surface area contributed by atoms with Gasteiger partial charge in [0.25, 0.3) is 0 Å². The molecule has 1 fully saturated rings. The molecular formula is C12H22N2O2. The molecule has 0 atom stereocenters. The zero-order valence-electron chi connectivity index (χ0n) is 10.1. The number of amides is 1. The smallest absolute Gasteiger partial charge is 0.231 e. The van der Waals surface area contributed by atoms with Crippen molar-refractivity contribution in [1.82, 2.24) is 4.90 Å². The molecule has 4 nitrogen and oxygen atoms in total. The first kappa shape index (κ1) is 13.2. The van der Waals surface area contributed by atoms with Crippen molar-refractivity contribution in [2.45, 2.75) is 51.5 Å². The minimum absolute atomic E-state index is 0.218. The molecule has 0 aromatic carbocycles. The second-order valence-corrected chi connectivity index (χ2v) is 4.60. The molecule has 0 radical (unpaired) electrons. The fourth-order valence-electron chi connectivity index (χ4n) is 2.37. The Bertz CT molecular complexity index is 247. The van der Waals surface area contributed by atoms with Gasteiger partial charge >= 0.3 is 0 Å². The number of ketones is 1. The quantitative estimate of drug-likeness (QED) is 0.706. The third-order valence-corrected chi connectivity index (χ3v) is 3.11. The Kier molecular flexibility index (Phi) is 5.46. The maximum Gasteiger partial charge on any atom is 0.231 e. The van der Waals surface area contributed by atoms with Crippen LogP contribution in [0.15, 0.2) is 0 Å². The highest BCUT2D eigenvalue weighted by atomic mass is 16.1. The zero-order valence-corrected chi connectivity index (χ0v) is 10.1. The van der Waals surface area contributed by atoms with Crippen LogP contribution in [-0.4, -0.2) is 35.7 Å². The largest absolute Gasteiger partial charge is 0.369 e. The van der Waals surface area contributed by atoms with Gasteiger partial charge in [-0.25, -0.2) is 0 Å². The van der Waals surface area contributed by atoms with Gasteiger partial charge in [-0.2, -0.15) is 0 Å². The SMILES string of the molecule is CCCC(=O)CN(CC(N)=O)C1CCCC1. The first-order valence-corrected chi connectivity index (χ1v) is 6.17. The first-order chi connectivity index (χ1) is 7.63. The average molecular weight is 226 g/mol. The molecule has 0 spiro atoms. The van der Waals surface area contributed by atoms with E-state index in [0.717, 1.165) is 19.3 Å². The van der Waals surface area contributed by atoms with Crippen LogP contribution in [0.3, 0.4) is 0 Å². The van der Waals surface area contributed by atoms with Crippen molar-refractivity contribution in [2.24, 2.45) is 5.73 Å². The lowest BCUT2D eigenvalue weighted by Crippen LogP contribution is -2.42. The number of carbonyl (C=O) groups excluding carboxylic acids is 2. The van der Waals surface area contributed by atoms with Crippen LogP contribution < -0.4 is 5.73 Å². The zero-order chi connectivity index (χ0) is 12.0. The van der Waals surface area contributed by atoms with E-state index in [1.165, 1.54) is 12.8 Å². The van der Waals surface area contributed by atoms with Crippen LogP contribution in [0.5, 0.6) is 0 Å². The lowest BCUT2D eigenvalue weighted by Gasteiger charge is -2.26. The standard InChI is InChI=1S/C12H22N2O2/c1-2-5-11(15)8-14(9-12(13)16)10-6-3-4-7-10/h10H,2-9H2,1H3,(H2,13,16). The number of rotatable bonds is 7. The van der Waals surface area contributed by atoms with Crippen LogP contribution in [0.1, 0.15) is 45.4 Å². The summed E-state index contributed by atoms with van der Waals surface area (Å²) in [6.45, 7) is 2.60. The Balaban J connectivity index is 2.48. The third-order valence-electron chi connectivity index (χ3n) is 3.11. The summed E-state index contributed by atoms with van der Waals surface area (Å²) in [5, 5.41) is 0. The fraction of sp³-hybridized carbons (Fsp3) is 0.833. The summed E-state index contributed by atoms with van der Waals surface area (Å²) >= 11 is 0. The Labute approximate surface area is 97.2 Å². The molecule has 1 saturated carbocycles. The van der Waals surface area contributed by atoms with Crippen LogP contribution in [0, 0.1) is 0 Å². The first-order valence-electron chi connectivity index (χ1n) is 6.17. The van der Waals surface area contributed by atoms with Crippen LogP contribution in [-0.2, 0) is 9.59 Å². The Hall–Kier alpha value is -0.900. The summed E-state index contributed by atoms with van der Waals surface area (Å²) < 4.78 is 0. The third kappa shape index (κ3) is 4.31. The summed E-state index contributed by atoms with van der Waals surface area (Å²) in [5.41, 5.74) is 5.22. The van der Waals surface area contributed by atoms with Gasteiger partial charge in [-0.3, -0.25) is 14.5 Å². The normalized spacial score (nSPS) is 16.9. The highest BCUT2D eigenvalue weighted by Gasteiger charge is 2.24. The summed E-state index contributed by atoms with van der Waals surface area (Å²) in [5.74, 6) is -0.119. The maximum atomic E-state index is 11.6. The number of nitrogens with zero attached hydrogens (tertiary/aromatic N) is 1. The van der Waals surface area contributed by atoms with Crippen molar-refractivity contribution in [3.05, 3.63) is 0 Å². The molecule has 1 amide bonds. The predicted octanol–water partition coefficient (Wildman–Crippen LogP) is 1.09. The van der Waals surface area contributed by atoms with Crippen molar-refractivity contribution in [3.63, 3.8) is 0 Å². The van der Waals surface area contributed by atoms with Crippen LogP contribution in [0.25, 0.3) is 0 Å². The molecule has 0 heterocycles. The lowest BCUT2D eigenvalue weighted by atomic mass is 10.1. The average Bonchev–Trinajstić information content (AvgIpc) is 2.68.